The summed E-state index contributed by atoms with van der Waals surface area (Å²) in [6.07, 6.45) is 7.38. The highest BCUT2D eigenvalue weighted by Gasteiger charge is 2.40. The van der Waals surface area contributed by atoms with E-state index in [9.17, 15) is 19.6 Å². The molecule has 9 heteroatoms. The maximum absolute atomic E-state index is 13.3. The lowest BCUT2D eigenvalue weighted by atomic mass is 9.84. The van der Waals surface area contributed by atoms with Crippen LogP contribution >= 0.6 is 0 Å². The maximum Gasteiger partial charge on any atom is 0.272 e. The molecule has 190 valence electrons. The standard InChI is InChI=1S/C25H41N5O4/c1-8-17-10-9-16(4)18(17)14-30(34)24(33)21(25(5,6)7)29-23(32)20(15(2)3)28-22(31)19-13-26-11-12-27-19/h11-13,15-18,20-21,34H,8-10,14H2,1-7H3,(H,28,31)(H,29,32)/t16-,17+,18?,20-,21-/m1/s1. The van der Waals surface area contributed by atoms with E-state index in [1.807, 2.05) is 20.8 Å². The van der Waals surface area contributed by atoms with Gasteiger partial charge in [0.1, 0.15) is 17.8 Å². The Kier molecular flexibility index (Phi) is 9.55. The summed E-state index contributed by atoms with van der Waals surface area (Å²) in [5.74, 6) is -0.674. The zero-order valence-electron chi connectivity index (χ0n) is 21.5. The molecule has 0 aliphatic heterocycles. The molecule has 2 rings (SSSR count). The highest BCUT2D eigenvalue weighted by molar-refractivity contribution is 5.97. The fourth-order valence-corrected chi connectivity index (χ4v) is 4.69. The predicted octanol–water partition coefficient (Wildman–Crippen LogP) is 3.05. The van der Waals surface area contributed by atoms with Crippen LogP contribution in [0.3, 0.4) is 0 Å². The summed E-state index contributed by atoms with van der Waals surface area (Å²) in [6.45, 7) is 13.7. The van der Waals surface area contributed by atoms with Gasteiger partial charge in [0, 0.05) is 12.4 Å². The molecule has 1 saturated carbocycles. The third-order valence-electron chi connectivity index (χ3n) is 6.92. The number of carbonyl (C=O) groups excluding carboxylic acids is 3. The van der Waals surface area contributed by atoms with Gasteiger partial charge in [-0.3, -0.25) is 24.6 Å². The molecule has 0 radical (unpaired) electrons. The molecule has 0 saturated heterocycles. The molecule has 3 N–H and O–H groups in total. The molecule has 1 aromatic heterocycles. The lowest BCUT2D eigenvalue weighted by Crippen LogP contribution is -2.59. The first-order chi connectivity index (χ1) is 15.9. The largest absolute Gasteiger partial charge is 0.342 e. The number of hydroxylamine groups is 2. The minimum atomic E-state index is -0.962. The molecule has 0 bridgehead atoms. The van der Waals surface area contributed by atoms with Gasteiger partial charge in [-0.05, 0) is 35.5 Å². The van der Waals surface area contributed by atoms with E-state index in [4.69, 9.17) is 0 Å². The summed E-state index contributed by atoms with van der Waals surface area (Å²) in [4.78, 5) is 46.9. The Morgan fingerprint density at radius 1 is 1.18 bits per heavy atom. The first-order valence-electron chi connectivity index (χ1n) is 12.2. The second kappa shape index (κ2) is 11.7. The predicted molar refractivity (Wildman–Crippen MR) is 129 cm³/mol. The van der Waals surface area contributed by atoms with Crippen molar-refractivity contribution >= 4 is 17.7 Å². The second-order valence-electron chi connectivity index (χ2n) is 10.9. The summed E-state index contributed by atoms with van der Waals surface area (Å²) >= 11 is 0. The molecule has 34 heavy (non-hydrogen) atoms. The molecule has 1 fully saturated rings. The molecule has 5 atom stereocenters. The van der Waals surface area contributed by atoms with Gasteiger partial charge >= 0.3 is 0 Å². The zero-order valence-corrected chi connectivity index (χ0v) is 21.5. The van der Waals surface area contributed by atoms with Crippen LogP contribution < -0.4 is 10.6 Å². The molecule has 1 aliphatic carbocycles. The number of carbonyl (C=O) groups is 3. The number of aromatic nitrogens is 2. The molecular formula is C25H41N5O4. The summed E-state index contributed by atoms with van der Waals surface area (Å²) < 4.78 is 0. The van der Waals surface area contributed by atoms with Crippen LogP contribution in [-0.4, -0.2) is 56.6 Å². The van der Waals surface area contributed by atoms with Crippen molar-refractivity contribution in [1.29, 1.82) is 0 Å². The summed E-state index contributed by atoms with van der Waals surface area (Å²) in [5.41, 5.74) is -0.558. The fraction of sp³-hybridized carbons (Fsp3) is 0.720. The average molecular weight is 476 g/mol. The van der Waals surface area contributed by atoms with Gasteiger partial charge in [-0.1, -0.05) is 61.3 Å². The first kappa shape index (κ1) is 27.7. The van der Waals surface area contributed by atoms with Crippen LogP contribution in [0.25, 0.3) is 0 Å². The van der Waals surface area contributed by atoms with Crippen LogP contribution in [0.1, 0.15) is 78.2 Å². The van der Waals surface area contributed by atoms with E-state index >= 15 is 0 Å². The minimum Gasteiger partial charge on any atom is -0.342 e. The smallest absolute Gasteiger partial charge is 0.272 e. The van der Waals surface area contributed by atoms with Gasteiger partial charge in [0.2, 0.25) is 5.91 Å². The molecule has 3 amide bonds. The van der Waals surface area contributed by atoms with Gasteiger partial charge in [-0.25, -0.2) is 10.0 Å². The van der Waals surface area contributed by atoms with Gasteiger partial charge in [0.05, 0.1) is 12.7 Å². The van der Waals surface area contributed by atoms with Crippen molar-refractivity contribution in [1.82, 2.24) is 25.7 Å². The molecule has 1 heterocycles. The minimum absolute atomic E-state index is 0.0992. The Bertz CT molecular complexity index is 839. The summed E-state index contributed by atoms with van der Waals surface area (Å²) in [7, 11) is 0. The Morgan fingerprint density at radius 3 is 2.38 bits per heavy atom. The van der Waals surface area contributed by atoms with Crippen LogP contribution in [0.2, 0.25) is 0 Å². The number of nitrogens with one attached hydrogen (secondary N) is 2. The van der Waals surface area contributed by atoms with E-state index in [1.165, 1.54) is 18.6 Å². The maximum atomic E-state index is 13.3. The van der Waals surface area contributed by atoms with E-state index in [2.05, 4.69) is 34.4 Å². The van der Waals surface area contributed by atoms with Crippen molar-refractivity contribution in [2.45, 2.75) is 79.8 Å². The van der Waals surface area contributed by atoms with Gasteiger partial charge < -0.3 is 10.6 Å². The van der Waals surface area contributed by atoms with Crippen LogP contribution in [-0.2, 0) is 9.59 Å². The Morgan fingerprint density at radius 2 is 1.85 bits per heavy atom. The Balaban J connectivity index is 2.14. The third kappa shape index (κ3) is 6.98. The van der Waals surface area contributed by atoms with Crippen LogP contribution in [0.15, 0.2) is 18.6 Å². The molecule has 1 unspecified atom stereocenters. The molecular weight excluding hydrogens is 434 g/mol. The Labute approximate surface area is 203 Å². The van der Waals surface area contributed by atoms with Gasteiger partial charge in [0.25, 0.3) is 11.8 Å². The molecule has 0 aromatic carbocycles. The van der Waals surface area contributed by atoms with E-state index in [0.29, 0.717) is 11.8 Å². The van der Waals surface area contributed by atoms with Crippen molar-refractivity contribution in [3.8, 4) is 0 Å². The van der Waals surface area contributed by atoms with Crippen molar-refractivity contribution in [3.63, 3.8) is 0 Å². The summed E-state index contributed by atoms with van der Waals surface area (Å²) in [6, 6.07) is -1.85. The number of hydrogen-bond acceptors (Lipinski definition) is 6. The van der Waals surface area contributed by atoms with Crippen LogP contribution in [0.4, 0.5) is 0 Å². The third-order valence-corrected chi connectivity index (χ3v) is 6.92. The number of hydrogen-bond donors (Lipinski definition) is 3. The monoisotopic (exact) mass is 475 g/mol. The second-order valence-corrected chi connectivity index (χ2v) is 10.9. The van der Waals surface area contributed by atoms with E-state index in [1.54, 1.807) is 13.8 Å². The van der Waals surface area contributed by atoms with Crippen molar-refractivity contribution in [2.75, 3.05) is 6.54 Å². The Hall–Kier alpha value is -2.55. The van der Waals surface area contributed by atoms with Gasteiger partial charge in [-0.15, -0.1) is 0 Å². The van der Waals surface area contributed by atoms with E-state index in [0.717, 1.165) is 24.3 Å². The van der Waals surface area contributed by atoms with Crippen LogP contribution in [0.5, 0.6) is 0 Å². The lowest BCUT2D eigenvalue weighted by molar-refractivity contribution is -0.175. The van der Waals surface area contributed by atoms with Gasteiger partial charge in [0.15, 0.2) is 0 Å². The zero-order chi connectivity index (χ0) is 25.6. The number of nitrogens with zero attached hydrogens (tertiary/aromatic N) is 3. The SMILES string of the molecule is CC[C@H]1CC[C@@H](C)C1CN(O)C(=O)[C@@H](NC(=O)[C@H](NC(=O)c1cnccn1)C(C)C)C(C)(C)C. The number of amides is 3. The van der Waals surface area contributed by atoms with Crippen molar-refractivity contribution < 1.29 is 19.6 Å². The molecule has 0 spiro atoms. The molecule has 1 aromatic rings. The first-order valence-corrected chi connectivity index (χ1v) is 12.2. The van der Waals surface area contributed by atoms with E-state index in [-0.39, 0.29) is 24.1 Å². The lowest BCUT2D eigenvalue weighted by Gasteiger charge is -2.35. The number of rotatable bonds is 9. The molecule has 1 aliphatic rings. The van der Waals surface area contributed by atoms with E-state index < -0.39 is 35.2 Å². The highest BCUT2D eigenvalue weighted by atomic mass is 16.5. The quantitative estimate of drug-likeness (QED) is 0.372. The van der Waals surface area contributed by atoms with Crippen LogP contribution in [0, 0.1) is 29.1 Å². The topological polar surface area (TPSA) is 125 Å². The molecule has 9 nitrogen and oxygen atoms in total. The average Bonchev–Trinajstić information content (AvgIpc) is 3.13. The highest BCUT2D eigenvalue weighted by Crippen LogP contribution is 2.39. The van der Waals surface area contributed by atoms with Crippen molar-refractivity contribution in [3.05, 3.63) is 24.3 Å². The fourth-order valence-electron chi connectivity index (χ4n) is 4.69. The summed E-state index contributed by atoms with van der Waals surface area (Å²) in [5, 5.41) is 17.0. The van der Waals surface area contributed by atoms with Crippen molar-refractivity contribution in [2.24, 2.45) is 29.1 Å². The normalized spacial score (nSPS) is 22.2. The van der Waals surface area contributed by atoms with Gasteiger partial charge in [-0.2, -0.15) is 0 Å².